The van der Waals surface area contributed by atoms with Crippen molar-refractivity contribution in [2.45, 2.75) is 203 Å². The molecule has 10 amide bonds. The summed E-state index contributed by atoms with van der Waals surface area (Å²) in [4.78, 5) is 145. The Morgan fingerprint density at radius 3 is 1.35 bits per heavy atom. The highest BCUT2D eigenvalue weighted by Gasteiger charge is 2.40. The zero-order valence-corrected chi connectivity index (χ0v) is 52.1. The predicted molar refractivity (Wildman–Crippen MR) is 307 cm³/mol. The van der Waals surface area contributed by atoms with Crippen molar-refractivity contribution in [3.05, 3.63) is 12.2 Å². The van der Waals surface area contributed by atoms with Crippen molar-refractivity contribution in [2.24, 2.45) is 35.5 Å². The Kier molecular flexibility index (Phi) is 32.7. The topological polar surface area (TPSA) is 279 Å². The number of hydrogen-bond donors (Lipinski definition) is 7. The summed E-state index contributed by atoms with van der Waals surface area (Å²) in [6, 6.07) is -9.41. The standard InChI is InChI=1S/C57H105N11O11/c1-23-25-26-37(13)48(70)47(58-16)53(75)62-40(24-2)55(77)64(18)31-45(69)65(19)42(28-33(5)6)52(74)63-46(36(11)12)57(79)67(21)43(29-34(7)8)51(73)60-38(14)49(71)61-39(15)54(76)68(22)44(30-35(9)10)56(78)66(20)41(27-32(3)4)50(72)59-17/h23,25,32-44,46-48,58,70H,24,26-31H2,1-22H3,(H,59,72)(H,60,73)(H,61,71)(H,62,75)(H,63,74)/b25-23+/t37-,38?,39?,40?,41?,42+,43?,44?,46?,47?,48-/m1/s1. The summed E-state index contributed by atoms with van der Waals surface area (Å²) in [5, 5.41) is 27.3. The number of hydrogen-bond acceptors (Lipinski definition) is 12. The minimum absolute atomic E-state index is 0.0133. The number of likely N-dealkylation sites (N-methyl/N-ethyl adjacent to an activating group) is 7. The first-order valence-electron chi connectivity index (χ1n) is 28.3. The summed E-state index contributed by atoms with van der Waals surface area (Å²) in [5.74, 6) is -6.49. The molecule has 8 unspecified atom stereocenters. The molecule has 454 valence electrons. The zero-order chi connectivity index (χ0) is 61.5. The van der Waals surface area contributed by atoms with E-state index in [4.69, 9.17) is 0 Å². The maximum atomic E-state index is 14.5. The third kappa shape index (κ3) is 23.2. The van der Waals surface area contributed by atoms with Gasteiger partial charge in [-0.1, -0.05) is 95.2 Å². The fraction of sp³-hybridized carbons (Fsp3) is 0.789. The Bertz CT molecular complexity index is 2050. The van der Waals surface area contributed by atoms with Gasteiger partial charge < -0.3 is 61.5 Å². The lowest BCUT2D eigenvalue weighted by Gasteiger charge is -2.36. The van der Waals surface area contributed by atoms with Gasteiger partial charge in [0.15, 0.2) is 0 Å². The molecular weight excluding hydrogens is 1010 g/mol. The van der Waals surface area contributed by atoms with Crippen LogP contribution in [0.25, 0.3) is 0 Å². The molecule has 0 radical (unpaired) electrons. The van der Waals surface area contributed by atoms with E-state index in [1.165, 1.54) is 73.6 Å². The maximum Gasteiger partial charge on any atom is 0.245 e. The van der Waals surface area contributed by atoms with Crippen molar-refractivity contribution >= 4 is 59.1 Å². The molecule has 7 N–H and O–H groups in total. The van der Waals surface area contributed by atoms with Crippen LogP contribution in [0.3, 0.4) is 0 Å². The minimum Gasteiger partial charge on any atom is -0.391 e. The van der Waals surface area contributed by atoms with Crippen LogP contribution in [0.5, 0.6) is 0 Å². The molecule has 0 aromatic rings. The summed E-state index contributed by atoms with van der Waals surface area (Å²) in [6.07, 6.45) is 4.50. The van der Waals surface area contributed by atoms with E-state index in [0.717, 1.165) is 0 Å². The van der Waals surface area contributed by atoms with Gasteiger partial charge in [0.2, 0.25) is 59.1 Å². The maximum absolute atomic E-state index is 14.5. The van der Waals surface area contributed by atoms with E-state index in [2.05, 4.69) is 31.9 Å². The van der Waals surface area contributed by atoms with Crippen molar-refractivity contribution < 1.29 is 53.1 Å². The Hall–Kier alpha value is -5.64. The quantitative estimate of drug-likeness (QED) is 0.0458. The number of nitrogens with zero attached hydrogens (tertiary/aromatic N) is 5. The first-order chi connectivity index (χ1) is 36.6. The largest absolute Gasteiger partial charge is 0.391 e. The molecule has 0 aliphatic rings. The summed E-state index contributed by atoms with van der Waals surface area (Å²) in [7, 11) is 10.4. The molecule has 0 rings (SSSR count). The lowest BCUT2D eigenvalue weighted by molar-refractivity contribution is -0.149. The molecular formula is C57H105N11O11. The van der Waals surface area contributed by atoms with Crippen molar-refractivity contribution in [1.29, 1.82) is 0 Å². The van der Waals surface area contributed by atoms with Gasteiger partial charge in [0.1, 0.15) is 54.4 Å². The van der Waals surface area contributed by atoms with E-state index >= 15 is 0 Å². The average molecular weight is 1120 g/mol. The van der Waals surface area contributed by atoms with E-state index in [9.17, 15) is 53.1 Å². The van der Waals surface area contributed by atoms with Gasteiger partial charge in [0, 0.05) is 42.3 Å². The molecule has 0 saturated carbocycles. The highest BCUT2D eigenvalue weighted by Crippen LogP contribution is 2.21. The lowest BCUT2D eigenvalue weighted by Crippen LogP contribution is -2.61. The Balaban J connectivity index is 6.36. The third-order valence-electron chi connectivity index (χ3n) is 14.3. The SMILES string of the molecule is C/C=C/C[C@@H](C)[C@@H](O)C(NC)C(=O)NC(CC)C(=O)N(C)CC(=O)N(C)[C@@H](CC(C)C)C(=O)NC(C(=O)N(C)C(CC(C)C)C(=O)NC(C)C(=O)NC(C)C(=O)N(C)C(CC(C)C)C(=O)N(C)C(CC(C)C)C(=O)NC)C(C)C. The van der Waals surface area contributed by atoms with Crippen LogP contribution in [-0.4, -0.2) is 205 Å². The fourth-order valence-corrected chi connectivity index (χ4v) is 9.17. The van der Waals surface area contributed by atoms with Crippen molar-refractivity contribution in [2.75, 3.05) is 55.9 Å². The van der Waals surface area contributed by atoms with E-state index < -0.39 is 126 Å². The molecule has 22 heteroatoms. The first kappa shape index (κ1) is 73.4. The summed E-state index contributed by atoms with van der Waals surface area (Å²) >= 11 is 0. The Morgan fingerprint density at radius 1 is 0.481 bits per heavy atom. The van der Waals surface area contributed by atoms with E-state index in [1.54, 1.807) is 34.9 Å². The molecule has 22 nitrogen and oxygen atoms in total. The molecule has 0 aliphatic carbocycles. The number of aliphatic hydroxyl groups is 1. The number of aliphatic hydroxyl groups excluding tert-OH is 1. The Labute approximate surface area is 473 Å². The highest BCUT2D eigenvalue weighted by atomic mass is 16.3. The van der Waals surface area contributed by atoms with Gasteiger partial charge in [-0.15, -0.1) is 0 Å². The molecule has 0 aromatic heterocycles. The second kappa shape index (κ2) is 35.2. The number of nitrogens with one attached hydrogen (secondary N) is 6. The molecule has 0 aliphatic heterocycles. The number of allylic oxidation sites excluding steroid dienone is 2. The van der Waals surface area contributed by atoms with Crippen LogP contribution in [0, 0.1) is 35.5 Å². The minimum atomic E-state index is -1.19. The van der Waals surface area contributed by atoms with Gasteiger partial charge in [-0.25, -0.2) is 0 Å². The first-order valence-corrected chi connectivity index (χ1v) is 28.3. The second-order valence-electron chi connectivity index (χ2n) is 23.4. The van der Waals surface area contributed by atoms with Crippen molar-refractivity contribution in [3.8, 4) is 0 Å². The van der Waals surface area contributed by atoms with E-state index in [0.29, 0.717) is 12.8 Å². The molecule has 0 aromatic carbocycles. The van der Waals surface area contributed by atoms with Crippen LogP contribution in [0.1, 0.15) is 142 Å². The van der Waals surface area contributed by atoms with Gasteiger partial charge in [-0.2, -0.15) is 0 Å². The number of amides is 10. The molecule has 79 heavy (non-hydrogen) atoms. The fourth-order valence-electron chi connectivity index (χ4n) is 9.17. The summed E-state index contributed by atoms with van der Waals surface area (Å²) in [6.45, 7) is 26.5. The molecule has 0 saturated heterocycles. The van der Waals surface area contributed by atoms with Gasteiger partial charge in [0.25, 0.3) is 0 Å². The van der Waals surface area contributed by atoms with Gasteiger partial charge >= 0.3 is 0 Å². The van der Waals surface area contributed by atoms with E-state index in [-0.39, 0.29) is 61.2 Å². The lowest BCUT2D eigenvalue weighted by atomic mass is 9.94. The van der Waals surface area contributed by atoms with Crippen LogP contribution in [0.2, 0.25) is 0 Å². The van der Waals surface area contributed by atoms with Crippen LogP contribution < -0.4 is 31.9 Å². The smallest absolute Gasteiger partial charge is 0.245 e. The highest BCUT2D eigenvalue weighted by molar-refractivity contribution is 5.98. The van der Waals surface area contributed by atoms with Gasteiger partial charge in [-0.05, 0) is 102 Å². The van der Waals surface area contributed by atoms with Crippen LogP contribution in [0.4, 0.5) is 0 Å². The van der Waals surface area contributed by atoms with Crippen LogP contribution >= 0.6 is 0 Å². The normalized spacial score (nSPS) is 15.9. The molecule has 0 spiro atoms. The number of carbonyl (C=O) groups excluding carboxylic acids is 10. The van der Waals surface area contributed by atoms with Gasteiger partial charge in [0.05, 0.1) is 12.6 Å². The summed E-state index contributed by atoms with van der Waals surface area (Å²) < 4.78 is 0. The third-order valence-corrected chi connectivity index (χ3v) is 14.3. The van der Waals surface area contributed by atoms with Crippen molar-refractivity contribution in [3.63, 3.8) is 0 Å². The monoisotopic (exact) mass is 1120 g/mol. The van der Waals surface area contributed by atoms with E-state index in [1.807, 2.05) is 81.4 Å². The molecule has 0 fully saturated rings. The van der Waals surface area contributed by atoms with Crippen molar-refractivity contribution in [1.82, 2.24) is 56.4 Å². The predicted octanol–water partition coefficient (Wildman–Crippen LogP) is 2.28. The second-order valence-corrected chi connectivity index (χ2v) is 23.4. The van der Waals surface area contributed by atoms with Crippen LogP contribution in [-0.2, 0) is 47.9 Å². The average Bonchev–Trinajstić information content (AvgIpc) is 3.37. The number of rotatable bonds is 34. The van der Waals surface area contributed by atoms with Crippen LogP contribution in [0.15, 0.2) is 12.2 Å². The number of carbonyl (C=O) groups is 10. The Morgan fingerprint density at radius 2 is 0.911 bits per heavy atom. The molecule has 0 bridgehead atoms. The zero-order valence-electron chi connectivity index (χ0n) is 52.1. The molecule has 11 atom stereocenters. The van der Waals surface area contributed by atoms with Gasteiger partial charge in [-0.3, -0.25) is 47.9 Å². The molecule has 0 heterocycles. The summed E-state index contributed by atoms with van der Waals surface area (Å²) in [5.41, 5.74) is 0.